The van der Waals surface area contributed by atoms with Gasteiger partial charge >= 0.3 is 0 Å². The molecule has 114 valence electrons. The molecule has 1 aliphatic rings. The van der Waals surface area contributed by atoms with Gasteiger partial charge in [0.05, 0.1) is 4.92 Å². The smallest absolute Gasteiger partial charge is 0.269 e. The van der Waals surface area contributed by atoms with Crippen LogP contribution in [-0.4, -0.2) is 11.5 Å². The Morgan fingerprint density at radius 2 is 1.91 bits per heavy atom. The van der Waals surface area contributed by atoms with E-state index in [0.29, 0.717) is 0 Å². The SMILES string of the molecule is CC(NCC1(c2ccccc2)CC1)c1cccc([N+](=O)[O-])c1. The Bertz CT molecular complexity index is 666. The van der Waals surface area contributed by atoms with E-state index in [2.05, 4.69) is 36.5 Å². The standard InChI is InChI=1S/C18H20N2O2/c1-14(15-6-5-9-17(12-15)20(21)22)19-13-18(10-11-18)16-7-3-2-4-8-16/h2-9,12,14,19H,10-11,13H2,1H3. The Labute approximate surface area is 130 Å². The molecule has 0 saturated heterocycles. The van der Waals surface area contributed by atoms with Crippen LogP contribution in [0.3, 0.4) is 0 Å². The van der Waals surface area contributed by atoms with Crippen LogP contribution in [-0.2, 0) is 5.41 Å². The number of nitro benzene ring substituents is 1. The molecule has 1 fully saturated rings. The van der Waals surface area contributed by atoms with Crippen LogP contribution >= 0.6 is 0 Å². The maximum Gasteiger partial charge on any atom is 0.269 e. The fraction of sp³-hybridized carbons (Fsp3) is 0.333. The molecule has 1 saturated carbocycles. The van der Waals surface area contributed by atoms with Gasteiger partial charge in [0.2, 0.25) is 0 Å². The zero-order chi connectivity index (χ0) is 15.6. The Morgan fingerprint density at radius 3 is 2.55 bits per heavy atom. The van der Waals surface area contributed by atoms with Gasteiger partial charge in [-0.05, 0) is 30.9 Å². The molecule has 0 spiro atoms. The molecule has 0 aliphatic heterocycles. The van der Waals surface area contributed by atoms with Gasteiger partial charge in [0.1, 0.15) is 0 Å². The highest BCUT2D eigenvalue weighted by molar-refractivity contribution is 5.36. The van der Waals surface area contributed by atoms with E-state index in [9.17, 15) is 10.1 Å². The van der Waals surface area contributed by atoms with Gasteiger partial charge in [0.25, 0.3) is 5.69 Å². The van der Waals surface area contributed by atoms with Gasteiger partial charge < -0.3 is 5.32 Å². The molecule has 3 rings (SSSR count). The van der Waals surface area contributed by atoms with Crippen molar-refractivity contribution < 1.29 is 4.92 Å². The number of non-ortho nitro benzene ring substituents is 1. The summed E-state index contributed by atoms with van der Waals surface area (Å²) < 4.78 is 0. The fourth-order valence-corrected chi connectivity index (χ4v) is 2.88. The highest BCUT2D eigenvalue weighted by Crippen LogP contribution is 2.47. The number of nitrogens with zero attached hydrogens (tertiary/aromatic N) is 1. The van der Waals surface area contributed by atoms with Crippen LogP contribution in [0.1, 0.15) is 36.9 Å². The second kappa shape index (κ2) is 5.89. The normalized spacial score (nSPS) is 17.0. The summed E-state index contributed by atoms with van der Waals surface area (Å²) in [7, 11) is 0. The Hall–Kier alpha value is -2.20. The molecule has 1 N–H and O–H groups in total. The molecule has 0 bridgehead atoms. The molecule has 4 heteroatoms. The molecule has 2 aromatic rings. The average Bonchev–Trinajstić information content (AvgIpc) is 3.35. The Balaban J connectivity index is 1.67. The van der Waals surface area contributed by atoms with Crippen molar-refractivity contribution in [2.75, 3.05) is 6.54 Å². The first kappa shape index (κ1) is 14.7. The lowest BCUT2D eigenvalue weighted by Crippen LogP contribution is -2.29. The van der Waals surface area contributed by atoms with E-state index in [0.717, 1.165) is 12.1 Å². The van der Waals surface area contributed by atoms with Crippen LogP contribution in [0.15, 0.2) is 54.6 Å². The van der Waals surface area contributed by atoms with Crippen molar-refractivity contribution in [1.29, 1.82) is 0 Å². The number of benzene rings is 2. The van der Waals surface area contributed by atoms with E-state index in [4.69, 9.17) is 0 Å². The monoisotopic (exact) mass is 296 g/mol. The van der Waals surface area contributed by atoms with E-state index in [-0.39, 0.29) is 22.1 Å². The van der Waals surface area contributed by atoms with Gasteiger partial charge in [-0.1, -0.05) is 42.5 Å². The lowest BCUT2D eigenvalue weighted by molar-refractivity contribution is -0.384. The molecule has 0 aromatic heterocycles. The van der Waals surface area contributed by atoms with Crippen LogP contribution < -0.4 is 5.32 Å². The molecule has 2 aromatic carbocycles. The van der Waals surface area contributed by atoms with Crippen LogP contribution in [0.25, 0.3) is 0 Å². The molecule has 0 heterocycles. The summed E-state index contributed by atoms with van der Waals surface area (Å²) >= 11 is 0. The molecule has 1 aliphatic carbocycles. The van der Waals surface area contributed by atoms with E-state index >= 15 is 0 Å². The van der Waals surface area contributed by atoms with E-state index in [1.54, 1.807) is 12.1 Å². The minimum atomic E-state index is -0.345. The van der Waals surface area contributed by atoms with Gasteiger partial charge in [-0.15, -0.1) is 0 Å². The summed E-state index contributed by atoms with van der Waals surface area (Å²) in [6.45, 7) is 2.96. The lowest BCUT2D eigenvalue weighted by atomic mass is 9.95. The third-order valence-electron chi connectivity index (χ3n) is 4.57. The van der Waals surface area contributed by atoms with Crippen LogP contribution in [0.2, 0.25) is 0 Å². The largest absolute Gasteiger partial charge is 0.309 e. The van der Waals surface area contributed by atoms with Crippen LogP contribution in [0, 0.1) is 10.1 Å². The van der Waals surface area contributed by atoms with Crippen molar-refractivity contribution in [3.63, 3.8) is 0 Å². The second-order valence-corrected chi connectivity index (χ2v) is 6.10. The summed E-state index contributed by atoms with van der Waals surface area (Å²) in [5, 5.41) is 14.4. The first-order valence-electron chi connectivity index (χ1n) is 7.64. The van der Waals surface area contributed by atoms with Crippen molar-refractivity contribution in [2.45, 2.75) is 31.2 Å². The molecule has 0 amide bonds. The number of nitro groups is 1. The van der Waals surface area contributed by atoms with Crippen LogP contribution in [0.5, 0.6) is 0 Å². The third-order valence-corrected chi connectivity index (χ3v) is 4.57. The van der Waals surface area contributed by atoms with Gasteiger partial charge in [-0.2, -0.15) is 0 Å². The van der Waals surface area contributed by atoms with Crippen molar-refractivity contribution >= 4 is 5.69 Å². The maximum absolute atomic E-state index is 10.9. The minimum Gasteiger partial charge on any atom is -0.309 e. The summed E-state index contributed by atoms with van der Waals surface area (Å²) in [4.78, 5) is 10.5. The van der Waals surface area contributed by atoms with Crippen molar-refractivity contribution in [3.8, 4) is 0 Å². The number of rotatable bonds is 6. The van der Waals surface area contributed by atoms with Crippen molar-refractivity contribution in [1.82, 2.24) is 5.32 Å². The zero-order valence-electron chi connectivity index (χ0n) is 12.7. The first-order valence-corrected chi connectivity index (χ1v) is 7.64. The summed E-state index contributed by atoms with van der Waals surface area (Å²) in [5.74, 6) is 0. The quantitative estimate of drug-likeness (QED) is 0.648. The van der Waals surface area contributed by atoms with Crippen molar-refractivity contribution in [3.05, 3.63) is 75.8 Å². The highest BCUT2D eigenvalue weighted by atomic mass is 16.6. The minimum absolute atomic E-state index is 0.0982. The predicted octanol–water partition coefficient (Wildman–Crippen LogP) is 3.98. The molecule has 4 nitrogen and oxygen atoms in total. The predicted molar refractivity (Wildman–Crippen MR) is 86.9 cm³/mol. The summed E-state index contributed by atoms with van der Waals surface area (Å²) in [5.41, 5.74) is 2.73. The van der Waals surface area contributed by atoms with Gasteiger partial charge in [0.15, 0.2) is 0 Å². The fourth-order valence-electron chi connectivity index (χ4n) is 2.88. The molecular weight excluding hydrogens is 276 g/mol. The molecule has 0 radical (unpaired) electrons. The van der Waals surface area contributed by atoms with E-state index in [1.807, 2.05) is 12.1 Å². The second-order valence-electron chi connectivity index (χ2n) is 6.10. The zero-order valence-corrected chi connectivity index (χ0v) is 12.7. The van der Waals surface area contributed by atoms with Gasteiger partial charge in [-0.25, -0.2) is 0 Å². The summed E-state index contributed by atoms with van der Waals surface area (Å²) in [6.07, 6.45) is 2.40. The van der Waals surface area contributed by atoms with Gasteiger partial charge in [-0.3, -0.25) is 10.1 Å². The number of hydrogen-bond acceptors (Lipinski definition) is 3. The Morgan fingerprint density at radius 1 is 1.18 bits per heavy atom. The lowest BCUT2D eigenvalue weighted by Gasteiger charge is -2.21. The summed E-state index contributed by atoms with van der Waals surface area (Å²) in [6, 6.07) is 17.5. The van der Waals surface area contributed by atoms with E-state index in [1.165, 1.54) is 24.5 Å². The molecular formula is C18H20N2O2. The van der Waals surface area contributed by atoms with Crippen LogP contribution in [0.4, 0.5) is 5.69 Å². The number of hydrogen-bond donors (Lipinski definition) is 1. The molecule has 22 heavy (non-hydrogen) atoms. The number of nitrogens with one attached hydrogen (secondary N) is 1. The average molecular weight is 296 g/mol. The molecule has 1 unspecified atom stereocenters. The highest BCUT2D eigenvalue weighted by Gasteiger charge is 2.43. The Kier molecular flexibility index (Phi) is 3.94. The van der Waals surface area contributed by atoms with Gasteiger partial charge in [0, 0.05) is 30.1 Å². The topological polar surface area (TPSA) is 55.2 Å². The third kappa shape index (κ3) is 3.02. The van der Waals surface area contributed by atoms with Crippen molar-refractivity contribution in [2.24, 2.45) is 0 Å². The molecule has 1 atom stereocenters. The maximum atomic E-state index is 10.9. The first-order chi connectivity index (χ1) is 10.6. The van der Waals surface area contributed by atoms with E-state index < -0.39 is 0 Å².